The van der Waals surface area contributed by atoms with E-state index in [-0.39, 0.29) is 11.3 Å². The zero-order valence-corrected chi connectivity index (χ0v) is 14.0. The first-order chi connectivity index (χ1) is 11.2. The van der Waals surface area contributed by atoms with Crippen LogP contribution in [-0.2, 0) is 11.3 Å². The van der Waals surface area contributed by atoms with E-state index in [0.29, 0.717) is 18.9 Å². The Kier molecular flexibility index (Phi) is 4.81. The number of hydrogen-bond donors (Lipinski definition) is 0. The molecule has 0 aliphatic carbocycles. The fourth-order valence-electron chi connectivity index (χ4n) is 2.50. The predicted octanol–water partition coefficient (Wildman–Crippen LogP) is 2.96. The van der Waals surface area contributed by atoms with Gasteiger partial charge in [0.15, 0.2) is 0 Å². The second kappa shape index (κ2) is 7.00. The maximum Gasteiger partial charge on any atom is 0.234 e. The lowest BCUT2D eigenvalue weighted by atomic mass is 10.2. The minimum absolute atomic E-state index is 0.00832. The van der Waals surface area contributed by atoms with Crippen LogP contribution in [0.2, 0.25) is 0 Å². The van der Waals surface area contributed by atoms with E-state index in [9.17, 15) is 4.79 Å². The van der Waals surface area contributed by atoms with Crippen LogP contribution in [0.15, 0.2) is 36.7 Å². The lowest BCUT2D eigenvalue weighted by molar-refractivity contribution is -0.128. The van der Waals surface area contributed by atoms with Gasteiger partial charge in [0.2, 0.25) is 5.91 Å². The summed E-state index contributed by atoms with van der Waals surface area (Å²) in [5.74, 6) is 1.45. The fourth-order valence-corrected chi connectivity index (χ4v) is 3.68. The number of thioether (sulfide) groups is 1. The van der Waals surface area contributed by atoms with Gasteiger partial charge in [-0.05, 0) is 31.5 Å². The van der Waals surface area contributed by atoms with Crippen LogP contribution in [0.4, 0.5) is 0 Å². The SMILES string of the molecule is CCOc1cccc(C2SCC(=O)N2Cc2cnc(C)cn2)c1. The number of amides is 1. The molecule has 2 heterocycles. The third kappa shape index (κ3) is 3.64. The van der Waals surface area contributed by atoms with Crippen LogP contribution >= 0.6 is 11.8 Å². The Labute approximate surface area is 140 Å². The van der Waals surface area contributed by atoms with Gasteiger partial charge in [-0.15, -0.1) is 11.8 Å². The molecule has 1 aliphatic rings. The van der Waals surface area contributed by atoms with Crippen molar-refractivity contribution in [3.63, 3.8) is 0 Å². The van der Waals surface area contributed by atoms with Gasteiger partial charge in [-0.2, -0.15) is 0 Å². The van der Waals surface area contributed by atoms with Gasteiger partial charge in [0.05, 0.1) is 36.5 Å². The van der Waals surface area contributed by atoms with Crippen molar-refractivity contribution >= 4 is 17.7 Å². The maximum atomic E-state index is 12.3. The fraction of sp³-hybridized carbons (Fsp3) is 0.353. The third-order valence-corrected chi connectivity index (χ3v) is 4.85. The Balaban J connectivity index is 1.81. The first-order valence-corrected chi connectivity index (χ1v) is 8.63. The van der Waals surface area contributed by atoms with E-state index >= 15 is 0 Å². The summed E-state index contributed by atoms with van der Waals surface area (Å²) in [5.41, 5.74) is 2.75. The van der Waals surface area contributed by atoms with Gasteiger partial charge >= 0.3 is 0 Å². The molecule has 3 rings (SSSR count). The molecule has 0 saturated carbocycles. The lowest BCUT2D eigenvalue weighted by Crippen LogP contribution is -2.28. The molecular weight excluding hydrogens is 310 g/mol. The number of nitrogens with zero attached hydrogens (tertiary/aromatic N) is 3. The summed E-state index contributed by atoms with van der Waals surface area (Å²) in [4.78, 5) is 22.7. The third-order valence-electron chi connectivity index (χ3n) is 3.59. The zero-order valence-electron chi connectivity index (χ0n) is 13.2. The van der Waals surface area contributed by atoms with Crippen molar-refractivity contribution in [3.8, 4) is 5.75 Å². The van der Waals surface area contributed by atoms with Gasteiger partial charge in [-0.3, -0.25) is 14.8 Å². The van der Waals surface area contributed by atoms with E-state index in [4.69, 9.17) is 4.74 Å². The molecule has 1 fully saturated rings. The van der Waals surface area contributed by atoms with Crippen molar-refractivity contribution in [1.82, 2.24) is 14.9 Å². The molecule has 120 valence electrons. The van der Waals surface area contributed by atoms with Crippen LogP contribution < -0.4 is 4.74 Å². The number of rotatable bonds is 5. The monoisotopic (exact) mass is 329 g/mol. The van der Waals surface area contributed by atoms with Crippen LogP contribution in [0, 0.1) is 6.92 Å². The highest BCUT2D eigenvalue weighted by atomic mass is 32.2. The van der Waals surface area contributed by atoms with Crippen molar-refractivity contribution in [3.05, 3.63) is 53.6 Å². The highest BCUT2D eigenvalue weighted by Crippen LogP contribution is 2.40. The van der Waals surface area contributed by atoms with Gasteiger partial charge in [0.25, 0.3) is 0 Å². The number of aromatic nitrogens is 2. The Hall–Kier alpha value is -2.08. The standard InChI is InChI=1S/C17H19N3O2S/c1-3-22-15-6-4-5-13(7-15)17-20(16(21)11-23-17)10-14-9-18-12(2)8-19-14/h4-9,17H,3,10-11H2,1-2H3. The number of carbonyl (C=O) groups excluding carboxylic acids is 1. The Morgan fingerprint density at radius 1 is 1.35 bits per heavy atom. The van der Waals surface area contributed by atoms with Gasteiger partial charge < -0.3 is 9.64 Å². The van der Waals surface area contributed by atoms with Crippen LogP contribution in [0.25, 0.3) is 0 Å². The van der Waals surface area contributed by atoms with E-state index in [0.717, 1.165) is 22.7 Å². The molecule has 1 saturated heterocycles. The van der Waals surface area contributed by atoms with Gasteiger partial charge in [-0.1, -0.05) is 12.1 Å². The normalized spacial score (nSPS) is 17.6. The second-order valence-electron chi connectivity index (χ2n) is 5.34. The molecule has 1 aliphatic heterocycles. The van der Waals surface area contributed by atoms with Gasteiger partial charge in [0, 0.05) is 6.20 Å². The van der Waals surface area contributed by atoms with E-state index in [1.54, 1.807) is 24.2 Å². The van der Waals surface area contributed by atoms with Crippen molar-refractivity contribution in [2.24, 2.45) is 0 Å². The number of benzene rings is 1. The van der Waals surface area contributed by atoms with E-state index in [1.165, 1.54) is 0 Å². The molecule has 1 aromatic carbocycles. The highest BCUT2D eigenvalue weighted by molar-refractivity contribution is 8.00. The zero-order chi connectivity index (χ0) is 16.2. The van der Waals surface area contributed by atoms with E-state index in [1.807, 2.05) is 43.0 Å². The van der Waals surface area contributed by atoms with E-state index < -0.39 is 0 Å². The lowest BCUT2D eigenvalue weighted by Gasteiger charge is -2.24. The number of hydrogen-bond acceptors (Lipinski definition) is 5. The summed E-state index contributed by atoms with van der Waals surface area (Å²) in [6.07, 6.45) is 3.47. The van der Waals surface area contributed by atoms with Crippen molar-refractivity contribution in [2.75, 3.05) is 12.4 Å². The summed E-state index contributed by atoms with van der Waals surface area (Å²) in [6, 6.07) is 7.94. The Morgan fingerprint density at radius 3 is 2.96 bits per heavy atom. The van der Waals surface area contributed by atoms with Crippen molar-refractivity contribution in [1.29, 1.82) is 0 Å². The molecule has 5 nitrogen and oxygen atoms in total. The van der Waals surface area contributed by atoms with E-state index in [2.05, 4.69) is 9.97 Å². The topological polar surface area (TPSA) is 55.3 Å². The summed E-state index contributed by atoms with van der Waals surface area (Å²) >= 11 is 1.63. The number of ether oxygens (including phenoxy) is 1. The molecule has 2 aromatic rings. The minimum Gasteiger partial charge on any atom is -0.494 e. The first-order valence-electron chi connectivity index (χ1n) is 7.58. The summed E-state index contributed by atoms with van der Waals surface area (Å²) < 4.78 is 5.56. The molecule has 1 atom stereocenters. The van der Waals surface area contributed by atoms with Crippen molar-refractivity contribution in [2.45, 2.75) is 25.8 Å². The predicted molar refractivity (Wildman–Crippen MR) is 90.1 cm³/mol. The first kappa shape index (κ1) is 15.8. The largest absolute Gasteiger partial charge is 0.494 e. The molecule has 1 aromatic heterocycles. The summed E-state index contributed by atoms with van der Waals surface area (Å²) in [7, 11) is 0. The van der Waals surface area contributed by atoms with Crippen molar-refractivity contribution < 1.29 is 9.53 Å². The molecule has 0 N–H and O–H groups in total. The number of aryl methyl sites for hydroxylation is 1. The second-order valence-corrected chi connectivity index (χ2v) is 6.41. The van der Waals surface area contributed by atoms with Crippen LogP contribution in [0.3, 0.4) is 0 Å². The molecule has 23 heavy (non-hydrogen) atoms. The smallest absolute Gasteiger partial charge is 0.234 e. The molecular formula is C17H19N3O2S. The van der Waals surface area contributed by atoms with Gasteiger partial charge in [0.1, 0.15) is 11.1 Å². The molecule has 1 amide bonds. The Bertz CT molecular complexity index is 690. The molecule has 0 radical (unpaired) electrons. The minimum atomic E-state index is -0.00832. The average molecular weight is 329 g/mol. The molecule has 6 heteroatoms. The maximum absolute atomic E-state index is 12.3. The molecule has 0 bridgehead atoms. The summed E-state index contributed by atoms with van der Waals surface area (Å²) in [6.45, 7) is 4.96. The summed E-state index contributed by atoms with van der Waals surface area (Å²) in [5, 5.41) is -0.00832. The quantitative estimate of drug-likeness (QED) is 0.844. The van der Waals surface area contributed by atoms with Crippen LogP contribution in [-0.4, -0.2) is 33.1 Å². The average Bonchev–Trinajstić information content (AvgIpc) is 2.91. The molecule has 1 unspecified atom stereocenters. The van der Waals surface area contributed by atoms with Gasteiger partial charge in [-0.25, -0.2) is 0 Å². The Morgan fingerprint density at radius 2 is 2.22 bits per heavy atom. The molecule has 0 spiro atoms. The van der Waals surface area contributed by atoms with Crippen LogP contribution in [0.5, 0.6) is 5.75 Å². The van der Waals surface area contributed by atoms with Crippen LogP contribution in [0.1, 0.15) is 29.2 Å². The number of carbonyl (C=O) groups is 1. The highest BCUT2D eigenvalue weighted by Gasteiger charge is 2.33.